The number of fused-ring (bicyclic) bond motifs is 5. The molecule has 2 heteroatoms. The largest absolute Gasteiger partial charge is 0.458 e. The SMILES string of the molecule is CCCCCC1(CCCCC)OC(=O)[C@@H]2[C@H]1[C@@H]1C=C[C@H]2C1. The fourth-order valence-electron chi connectivity index (χ4n) is 5.11. The number of carbonyl (C=O) groups is 1. The maximum absolute atomic E-state index is 12.5. The topological polar surface area (TPSA) is 26.3 Å². The normalized spacial score (nSPS) is 35.2. The summed E-state index contributed by atoms with van der Waals surface area (Å²) in [6.07, 6.45) is 15.4. The molecule has 4 atom stereocenters. The summed E-state index contributed by atoms with van der Waals surface area (Å²) < 4.78 is 6.11. The molecular weight excluding hydrogens is 260 g/mol. The van der Waals surface area contributed by atoms with Crippen LogP contribution >= 0.6 is 0 Å². The Balaban J connectivity index is 1.77. The lowest BCUT2D eigenvalue weighted by atomic mass is 9.70. The molecule has 2 bridgehead atoms. The fourth-order valence-corrected chi connectivity index (χ4v) is 5.11. The van der Waals surface area contributed by atoms with Gasteiger partial charge in [0.05, 0.1) is 5.92 Å². The quantitative estimate of drug-likeness (QED) is 0.362. The summed E-state index contributed by atoms with van der Waals surface area (Å²) in [6, 6.07) is 0. The Morgan fingerprint density at radius 3 is 2.29 bits per heavy atom. The van der Waals surface area contributed by atoms with E-state index in [1.54, 1.807) is 0 Å². The Labute approximate surface area is 129 Å². The molecule has 0 N–H and O–H groups in total. The molecule has 1 heterocycles. The third-order valence-electron chi connectivity index (χ3n) is 6.05. The second-order valence-corrected chi connectivity index (χ2v) is 7.40. The molecule has 0 aromatic heterocycles. The van der Waals surface area contributed by atoms with Crippen LogP contribution in [-0.2, 0) is 9.53 Å². The zero-order valence-corrected chi connectivity index (χ0v) is 13.6. The molecule has 3 aliphatic rings. The van der Waals surface area contributed by atoms with Crippen molar-refractivity contribution in [3.63, 3.8) is 0 Å². The summed E-state index contributed by atoms with van der Waals surface area (Å²) in [5.74, 6) is 1.86. The first-order chi connectivity index (χ1) is 10.2. The van der Waals surface area contributed by atoms with Crippen LogP contribution < -0.4 is 0 Å². The highest BCUT2D eigenvalue weighted by atomic mass is 16.6. The van der Waals surface area contributed by atoms with Crippen LogP contribution in [0.2, 0.25) is 0 Å². The molecule has 0 unspecified atom stereocenters. The molecule has 0 amide bonds. The van der Waals surface area contributed by atoms with Crippen molar-refractivity contribution in [3.8, 4) is 0 Å². The maximum atomic E-state index is 12.5. The highest BCUT2D eigenvalue weighted by molar-refractivity contribution is 5.78. The first-order valence-corrected chi connectivity index (χ1v) is 9.13. The minimum atomic E-state index is -0.129. The number of cyclic esters (lactones) is 1. The van der Waals surface area contributed by atoms with Crippen LogP contribution in [-0.4, -0.2) is 11.6 Å². The Kier molecular flexibility index (Phi) is 4.42. The summed E-state index contributed by atoms with van der Waals surface area (Å²) >= 11 is 0. The van der Waals surface area contributed by atoms with Crippen LogP contribution in [0, 0.1) is 23.7 Å². The molecule has 2 fully saturated rings. The molecule has 21 heavy (non-hydrogen) atoms. The molecule has 0 aromatic rings. The number of unbranched alkanes of at least 4 members (excludes halogenated alkanes) is 4. The van der Waals surface area contributed by atoms with E-state index in [9.17, 15) is 4.79 Å². The van der Waals surface area contributed by atoms with Gasteiger partial charge in [-0.05, 0) is 43.9 Å². The van der Waals surface area contributed by atoms with Crippen molar-refractivity contribution in [1.29, 1.82) is 0 Å². The van der Waals surface area contributed by atoms with E-state index in [1.807, 2.05) is 0 Å². The van der Waals surface area contributed by atoms with E-state index >= 15 is 0 Å². The highest BCUT2D eigenvalue weighted by Crippen LogP contribution is 2.60. The van der Waals surface area contributed by atoms with Crippen molar-refractivity contribution >= 4 is 5.97 Å². The van der Waals surface area contributed by atoms with E-state index in [4.69, 9.17) is 4.74 Å². The predicted octanol–water partition coefficient (Wildman–Crippen LogP) is 4.88. The van der Waals surface area contributed by atoms with Crippen LogP contribution in [0.5, 0.6) is 0 Å². The number of hydrogen-bond acceptors (Lipinski definition) is 2. The van der Waals surface area contributed by atoms with Crippen LogP contribution in [0.4, 0.5) is 0 Å². The Morgan fingerprint density at radius 1 is 1.05 bits per heavy atom. The number of carbonyl (C=O) groups excluding carboxylic acids is 1. The van der Waals surface area contributed by atoms with Gasteiger partial charge in [0.15, 0.2) is 0 Å². The van der Waals surface area contributed by atoms with E-state index in [-0.39, 0.29) is 17.5 Å². The summed E-state index contributed by atoms with van der Waals surface area (Å²) in [4.78, 5) is 12.5. The molecule has 2 nitrogen and oxygen atoms in total. The first-order valence-electron chi connectivity index (χ1n) is 9.13. The van der Waals surface area contributed by atoms with E-state index in [0.29, 0.717) is 17.8 Å². The number of hydrogen-bond donors (Lipinski definition) is 0. The standard InChI is InChI=1S/C19H30O2/c1-3-5-7-11-19(12-8-6-4-2)17-15-10-9-14(13-15)16(17)18(20)21-19/h9-10,14-17H,3-8,11-13H2,1-2H3/t14-,15+,16-,17+/m0/s1. The molecule has 1 saturated heterocycles. The minimum absolute atomic E-state index is 0.116. The van der Waals surface area contributed by atoms with Gasteiger partial charge in [-0.1, -0.05) is 51.7 Å². The predicted molar refractivity (Wildman–Crippen MR) is 84.8 cm³/mol. The number of allylic oxidation sites excluding steroid dienone is 2. The molecular formula is C19H30O2. The van der Waals surface area contributed by atoms with Gasteiger partial charge in [0.1, 0.15) is 5.60 Å². The van der Waals surface area contributed by atoms with Gasteiger partial charge in [0.2, 0.25) is 0 Å². The van der Waals surface area contributed by atoms with Gasteiger partial charge in [-0.2, -0.15) is 0 Å². The highest BCUT2D eigenvalue weighted by Gasteiger charge is 2.63. The summed E-state index contributed by atoms with van der Waals surface area (Å²) in [7, 11) is 0. The van der Waals surface area contributed by atoms with Crippen LogP contribution in [0.3, 0.4) is 0 Å². The van der Waals surface area contributed by atoms with Crippen LogP contribution in [0.1, 0.15) is 71.6 Å². The third-order valence-corrected chi connectivity index (χ3v) is 6.05. The van der Waals surface area contributed by atoms with E-state index in [2.05, 4.69) is 26.0 Å². The number of rotatable bonds is 8. The Bertz CT molecular complexity index is 402. The average molecular weight is 290 g/mol. The van der Waals surface area contributed by atoms with Crippen molar-refractivity contribution in [1.82, 2.24) is 0 Å². The van der Waals surface area contributed by atoms with Gasteiger partial charge in [-0.3, -0.25) is 4.79 Å². The Hall–Kier alpha value is -0.790. The van der Waals surface area contributed by atoms with Gasteiger partial charge in [0, 0.05) is 5.92 Å². The molecule has 0 radical (unpaired) electrons. The van der Waals surface area contributed by atoms with Crippen molar-refractivity contribution in [2.45, 2.75) is 77.2 Å². The van der Waals surface area contributed by atoms with Gasteiger partial charge in [-0.15, -0.1) is 0 Å². The average Bonchev–Trinajstić information content (AvgIpc) is 3.14. The van der Waals surface area contributed by atoms with E-state index in [1.165, 1.54) is 44.9 Å². The van der Waals surface area contributed by atoms with Gasteiger partial charge >= 0.3 is 5.97 Å². The molecule has 3 rings (SSSR count). The van der Waals surface area contributed by atoms with Crippen molar-refractivity contribution in [3.05, 3.63) is 12.2 Å². The lowest BCUT2D eigenvalue weighted by Gasteiger charge is -2.36. The molecule has 1 aliphatic heterocycles. The number of esters is 1. The maximum Gasteiger partial charge on any atom is 0.310 e. The zero-order valence-electron chi connectivity index (χ0n) is 13.6. The smallest absolute Gasteiger partial charge is 0.310 e. The van der Waals surface area contributed by atoms with Gasteiger partial charge < -0.3 is 4.74 Å². The summed E-state index contributed by atoms with van der Waals surface area (Å²) in [5, 5.41) is 0. The second kappa shape index (κ2) is 6.14. The first kappa shape index (κ1) is 15.1. The lowest BCUT2D eigenvalue weighted by molar-refractivity contribution is -0.154. The summed E-state index contributed by atoms with van der Waals surface area (Å²) in [5.41, 5.74) is -0.129. The minimum Gasteiger partial charge on any atom is -0.458 e. The van der Waals surface area contributed by atoms with Crippen molar-refractivity contribution < 1.29 is 9.53 Å². The molecule has 1 saturated carbocycles. The third kappa shape index (κ3) is 2.55. The lowest BCUT2D eigenvalue weighted by Crippen LogP contribution is -2.39. The van der Waals surface area contributed by atoms with Crippen LogP contribution in [0.25, 0.3) is 0 Å². The molecule has 0 aromatic carbocycles. The molecule has 118 valence electrons. The number of ether oxygens (including phenoxy) is 1. The van der Waals surface area contributed by atoms with Gasteiger partial charge in [-0.25, -0.2) is 0 Å². The van der Waals surface area contributed by atoms with Gasteiger partial charge in [0.25, 0.3) is 0 Å². The van der Waals surface area contributed by atoms with Crippen molar-refractivity contribution in [2.24, 2.45) is 23.7 Å². The summed E-state index contributed by atoms with van der Waals surface area (Å²) in [6.45, 7) is 4.49. The second-order valence-electron chi connectivity index (χ2n) is 7.40. The zero-order chi connectivity index (χ0) is 14.9. The monoisotopic (exact) mass is 290 g/mol. The molecule has 0 spiro atoms. The molecule has 2 aliphatic carbocycles. The Morgan fingerprint density at radius 2 is 1.67 bits per heavy atom. The van der Waals surface area contributed by atoms with E-state index < -0.39 is 0 Å². The van der Waals surface area contributed by atoms with Crippen molar-refractivity contribution in [2.75, 3.05) is 0 Å². The fraction of sp³-hybridized carbons (Fsp3) is 0.842. The van der Waals surface area contributed by atoms with E-state index in [0.717, 1.165) is 12.8 Å². The van der Waals surface area contributed by atoms with Crippen LogP contribution in [0.15, 0.2) is 12.2 Å².